The molecule has 0 bridgehead atoms. The summed E-state index contributed by atoms with van der Waals surface area (Å²) in [6.45, 7) is 1.85. The Morgan fingerprint density at radius 1 is 1.13 bits per heavy atom. The number of anilines is 1. The smallest absolute Gasteiger partial charge is 0.328 e. The molecule has 2 aromatic heterocycles. The molecule has 0 fully saturated rings. The maximum Gasteiger partial charge on any atom is 0.328 e. The van der Waals surface area contributed by atoms with Crippen molar-refractivity contribution >= 4 is 23.6 Å². The van der Waals surface area contributed by atoms with Crippen molar-refractivity contribution in [1.29, 1.82) is 0 Å². The molecular formula is C22H19FN4O4. The van der Waals surface area contributed by atoms with Crippen molar-refractivity contribution < 1.29 is 23.5 Å². The van der Waals surface area contributed by atoms with Gasteiger partial charge in [-0.25, -0.2) is 4.98 Å². The molecule has 0 radical (unpaired) electrons. The van der Waals surface area contributed by atoms with E-state index >= 15 is 0 Å². The molecule has 0 N–H and O–H groups in total. The summed E-state index contributed by atoms with van der Waals surface area (Å²) in [6.07, 6.45) is 1.78. The van der Waals surface area contributed by atoms with Gasteiger partial charge in [0.25, 0.3) is 11.8 Å². The number of nitrogens with zero attached hydrogens (tertiary/aromatic N) is 4. The van der Waals surface area contributed by atoms with Crippen LogP contribution in [0.5, 0.6) is 0 Å². The molecule has 4 rings (SSSR count). The summed E-state index contributed by atoms with van der Waals surface area (Å²) in [4.78, 5) is 43.3. The number of rotatable bonds is 6. The van der Waals surface area contributed by atoms with Gasteiger partial charge < -0.3 is 4.74 Å². The van der Waals surface area contributed by atoms with Gasteiger partial charge in [0.05, 0.1) is 12.3 Å². The van der Waals surface area contributed by atoms with Gasteiger partial charge in [-0.1, -0.05) is 30.3 Å². The van der Waals surface area contributed by atoms with Crippen molar-refractivity contribution in [3.8, 4) is 11.3 Å². The lowest BCUT2D eigenvalue weighted by molar-refractivity contribution is -0.149. The molecule has 0 saturated heterocycles. The van der Waals surface area contributed by atoms with Crippen molar-refractivity contribution in [3.05, 3.63) is 66.2 Å². The van der Waals surface area contributed by atoms with Crippen molar-refractivity contribution in [2.75, 3.05) is 18.1 Å². The lowest BCUT2D eigenvalue weighted by Crippen LogP contribution is -2.51. The van der Waals surface area contributed by atoms with Crippen LogP contribution in [-0.2, 0) is 20.7 Å². The third kappa shape index (κ3) is 3.94. The molecule has 1 amide bonds. The summed E-state index contributed by atoms with van der Waals surface area (Å²) in [5.74, 6) is -4.49. The molecule has 0 saturated carbocycles. The second-order valence-electron chi connectivity index (χ2n) is 6.92. The molecule has 1 aliphatic heterocycles. The number of halogens is 1. The van der Waals surface area contributed by atoms with Crippen molar-refractivity contribution in [2.45, 2.75) is 13.3 Å². The number of hydrogen-bond donors (Lipinski definition) is 0. The van der Waals surface area contributed by atoms with Crippen LogP contribution in [0.15, 0.2) is 54.7 Å². The summed E-state index contributed by atoms with van der Waals surface area (Å²) >= 11 is 0. The van der Waals surface area contributed by atoms with Gasteiger partial charge in [0.2, 0.25) is 11.9 Å². The number of ether oxygens (including phenoxy) is 1. The highest BCUT2D eigenvalue weighted by Gasteiger charge is 2.46. The van der Waals surface area contributed by atoms with Gasteiger partial charge in [-0.15, -0.1) is 0 Å². The standard InChI is InChI=1S/C22H19FN4O4/c1-2-31-22(30)19-20(28)26(11-9-14-6-4-3-5-7-14)18-13-16(25-27(18)21(19)29)15-8-10-24-17(23)12-15/h3-8,10,12-13,19H,2,9,11H2,1H3. The summed E-state index contributed by atoms with van der Waals surface area (Å²) in [5.41, 5.74) is 1.67. The summed E-state index contributed by atoms with van der Waals surface area (Å²) < 4.78 is 19.5. The quantitative estimate of drug-likeness (QED) is 0.344. The fraction of sp³-hybridized carbons (Fsp3) is 0.227. The highest BCUT2D eigenvalue weighted by Crippen LogP contribution is 2.30. The Bertz CT molecular complexity index is 1150. The lowest BCUT2D eigenvalue weighted by atomic mass is 10.0. The predicted octanol–water partition coefficient (Wildman–Crippen LogP) is 2.49. The number of carbonyl (C=O) groups is 3. The van der Waals surface area contributed by atoms with Crippen molar-refractivity contribution in [1.82, 2.24) is 14.8 Å². The Morgan fingerprint density at radius 3 is 2.61 bits per heavy atom. The first-order valence-electron chi connectivity index (χ1n) is 9.77. The van der Waals surface area contributed by atoms with E-state index in [0.29, 0.717) is 12.0 Å². The Kier molecular flexibility index (Phi) is 5.57. The van der Waals surface area contributed by atoms with E-state index in [2.05, 4.69) is 10.1 Å². The molecular weight excluding hydrogens is 403 g/mol. The third-order valence-electron chi connectivity index (χ3n) is 4.95. The SMILES string of the molecule is CCOC(=O)C1C(=O)N(CCc2ccccc2)c2cc(-c3ccnc(F)c3)nn2C1=O. The number of hydrogen-bond acceptors (Lipinski definition) is 6. The number of esters is 1. The Morgan fingerprint density at radius 2 is 1.90 bits per heavy atom. The molecule has 158 valence electrons. The molecule has 1 aromatic carbocycles. The zero-order valence-electron chi connectivity index (χ0n) is 16.7. The van der Waals surface area contributed by atoms with E-state index in [-0.39, 0.29) is 24.7 Å². The Balaban J connectivity index is 1.74. The number of pyridine rings is 1. The average molecular weight is 422 g/mol. The van der Waals surface area contributed by atoms with E-state index in [4.69, 9.17) is 4.74 Å². The van der Waals surface area contributed by atoms with Gasteiger partial charge in [0, 0.05) is 30.4 Å². The number of fused-ring (bicyclic) bond motifs is 1. The average Bonchev–Trinajstić information content (AvgIpc) is 3.20. The summed E-state index contributed by atoms with van der Waals surface area (Å²) in [7, 11) is 0. The molecule has 8 nitrogen and oxygen atoms in total. The molecule has 1 unspecified atom stereocenters. The minimum absolute atomic E-state index is 0.0351. The first-order chi connectivity index (χ1) is 15.0. The Labute approximate surface area is 177 Å². The molecule has 1 aliphatic rings. The van der Waals surface area contributed by atoms with Gasteiger partial charge >= 0.3 is 5.97 Å². The van der Waals surface area contributed by atoms with Crippen LogP contribution < -0.4 is 4.90 Å². The van der Waals surface area contributed by atoms with Gasteiger partial charge in [-0.3, -0.25) is 19.3 Å². The van der Waals surface area contributed by atoms with Gasteiger partial charge in [-0.05, 0) is 25.0 Å². The lowest BCUT2D eigenvalue weighted by Gasteiger charge is -2.30. The monoisotopic (exact) mass is 422 g/mol. The largest absolute Gasteiger partial charge is 0.465 e. The van der Waals surface area contributed by atoms with Crippen LogP contribution in [0.1, 0.15) is 17.3 Å². The number of amides is 1. The summed E-state index contributed by atoms with van der Waals surface area (Å²) in [6, 6.07) is 13.8. The molecule has 3 aromatic rings. The minimum Gasteiger partial charge on any atom is -0.465 e. The maximum atomic E-state index is 13.6. The van der Waals surface area contributed by atoms with Crippen LogP contribution in [0.4, 0.5) is 10.2 Å². The number of carbonyl (C=O) groups excluding carboxylic acids is 3. The van der Waals surface area contributed by atoms with E-state index in [1.165, 1.54) is 23.2 Å². The van der Waals surface area contributed by atoms with Crippen molar-refractivity contribution in [2.24, 2.45) is 5.92 Å². The zero-order chi connectivity index (χ0) is 22.0. The first-order valence-corrected chi connectivity index (χ1v) is 9.77. The van der Waals surface area contributed by atoms with Crippen LogP contribution in [0.2, 0.25) is 0 Å². The van der Waals surface area contributed by atoms with E-state index in [0.717, 1.165) is 10.2 Å². The van der Waals surface area contributed by atoms with Crippen LogP contribution in [0, 0.1) is 11.9 Å². The number of benzene rings is 1. The van der Waals surface area contributed by atoms with Crippen LogP contribution in [0.25, 0.3) is 11.3 Å². The van der Waals surface area contributed by atoms with Crippen LogP contribution >= 0.6 is 0 Å². The molecule has 3 heterocycles. The summed E-state index contributed by atoms with van der Waals surface area (Å²) in [5, 5.41) is 4.25. The first kappa shape index (κ1) is 20.4. The van der Waals surface area contributed by atoms with Gasteiger partial charge in [-0.2, -0.15) is 14.2 Å². The fourth-order valence-corrected chi connectivity index (χ4v) is 3.46. The predicted molar refractivity (Wildman–Crippen MR) is 109 cm³/mol. The molecule has 9 heteroatoms. The minimum atomic E-state index is -1.63. The fourth-order valence-electron chi connectivity index (χ4n) is 3.46. The molecule has 0 spiro atoms. The molecule has 31 heavy (non-hydrogen) atoms. The topological polar surface area (TPSA) is 94.4 Å². The van der Waals surface area contributed by atoms with E-state index in [1.54, 1.807) is 13.0 Å². The third-order valence-corrected chi connectivity index (χ3v) is 4.95. The highest BCUT2D eigenvalue weighted by atomic mass is 19.1. The second-order valence-corrected chi connectivity index (χ2v) is 6.92. The number of aromatic nitrogens is 3. The van der Waals surface area contributed by atoms with E-state index < -0.39 is 29.6 Å². The molecule has 0 aliphatic carbocycles. The Hall–Kier alpha value is -3.88. The van der Waals surface area contributed by atoms with Gasteiger partial charge in [0.1, 0.15) is 5.82 Å². The van der Waals surface area contributed by atoms with Crippen LogP contribution in [0.3, 0.4) is 0 Å². The van der Waals surface area contributed by atoms with E-state index in [1.807, 2.05) is 30.3 Å². The second kappa shape index (κ2) is 8.47. The molecule has 1 atom stereocenters. The highest BCUT2D eigenvalue weighted by molar-refractivity contribution is 6.23. The van der Waals surface area contributed by atoms with Gasteiger partial charge in [0.15, 0.2) is 0 Å². The van der Waals surface area contributed by atoms with E-state index in [9.17, 15) is 18.8 Å². The maximum absolute atomic E-state index is 13.6. The van der Waals surface area contributed by atoms with Crippen molar-refractivity contribution in [3.63, 3.8) is 0 Å². The zero-order valence-corrected chi connectivity index (χ0v) is 16.7. The van der Waals surface area contributed by atoms with Crippen LogP contribution in [-0.4, -0.2) is 45.7 Å². The normalized spacial score (nSPS) is 15.7.